The standard InChI is InChI=1S/C25H29N3O/c1-2-7-20-10-12-21(13-11-20)24(28-16-3-4-17-28)25(29,22-8-5-14-26-18-22)23-9-6-15-27-19-23/h5-6,8-15,18-19,24,29H,2-4,7,16-17H2,1H3. The molecule has 1 aliphatic rings. The van der Waals surface area contributed by atoms with Crippen molar-refractivity contribution in [3.8, 4) is 0 Å². The summed E-state index contributed by atoms with van der Waals surface area (Å²) in [5, 5.41) is 12.4. The van der Waals surface area contributed by atoms with Crippen molar-refractivity contribution in [3.05, 3.63) is 95.6 Å². The van der Waals surface area contributed by atoms with E-state index in [4.69, 9.17) is 0 Å². The van der Waals surface area contributed by atoms with Crippen LogP contribution in [0, 0.1) is 0 Å². The Balaban J connectivity index is 1.87. The molecule has 3 aromatic rings. The number of benzene rings is 1. The van der Waals surface area contributed by atoms with Crippen LogP contribution in [-0.4, -0.2) is 33.1 Å². The Kier molecular flexibility index (Phi) is 6.02. The van der Waals surface area contributed by atoms with Crippen molar-refractivity contribution in [2.45, 2.75) is 44.2 Å². The van der Waals surface area contributed by atoms with Gasteiger partial charge in [-0.25, -0.2) is 0 Å². The molecular formula is C25H29N3O. The molecule has 0 saturated carbocycles. The summed E-state index contributed by atoms with van der Waals surface area (Å²) in [6.07, 6.45) is 11.6. The molecule has 1 fully saturated rings. The van der Waals surface area contributed by atoms with Crippen molar-refractivity contribution in [2.24, 2.45) is 0 Å². The summed E-state index contributed by atoms with van der Waals surface area (Å²) in [5.41, 5.74) is 2.81. The van der Waals surface area contributed by atoms with Crippen LogP contribution in [0.3, 0.4) is 0 Å². The van der Waals surface area contributed by atoms with E-state index >= 15 is 0 Å². The van der Waals surface area contributed by atoms with Crippen LogP contribution >= 0.6 is 0 Å². The Hall–Kier alpha value is -2.56. The third-order valence-electron chi connectivity index (χ3n) is 5.94. The second kappa shape index (κ2) is 8.85. The fraction of sp³-hybridized carbons (Fsp3) is 0.360. The predicted molar refractivity (Wildman–Crippen MR) is 115 cm³/mol. The highest BCUT2D eigenvalue weighted by Gasteiger charge is 2.45. The van der Waals surface area contributed by atoms with E-state index in [2.05, 4.69) is 46.1 Å². The summed E-state index contributed by atoms with van der Waals surface area (Å²) in [4.78, 5) is 11.0. The SMILES string of the molecule is CCCc1ccc(C(N2CCCC2)C(O)(c2cccnc2)c2cccnc2)cc1. The van der Waals surface area contributed by atoms with E-state index in [0.717, 1.165) is 55.5 Å². The molecule has 3 heterocycles. The Labute approximate surface area is 173 Å². The second-order valence-corrected chi connectivity index (χ2v) is 7.89. The zero-order valence-corrected chi connectivity index (χ0v) is 17.0. The minimum Gasteiger partial charge on any atom is -0.378 e. The third-order valence-corrected chi connectivity index (χ3v) is 5.94. The number of hydrogen-bond donors (Lipinski definition) is 1. The molecule has 1 unspecified atom stereocenters. The number of hydrogen-bond acceptors (Lipinski definition) is 4. The van der Waals surface area contributed by atoms with Crippen LogP contribution in [-0.2, 0) is 12.0 Å². The minimum atomic E-state index is -1.24. The highest BCUT2D eigenvalue weighted by Crippen LogP contribution is 2.45. The van der Waals surface area contributed by atoms with Crippen LogP contribution in [0.1, 0.15) is 54.5 Å². The second-order valence-electron chi connectivity index (χ2n) is 7.89. The molecule has 0 spiro atoms. The highest BCUT2D eigenvalue weighted by atomic mass is 16.3. The van der Waals surface area contributed by atoms with E-state index in [-0.39, 0.29) is 6.04 Å². The molecule has 0 aliphatic carbocycles. The molecule has 0 amide bonds. The van der Waals surface area contributed by atoms with Gasteiger partial charge < -0.3 is 5.11 Å². The average molecular weight is 388 g/mol. The zero-order chi connectivity index (χ0) is 20.1. The van der Waals surface area contributed by atoms with E-state index < -0.39 is 5.60 Å². The number of rotatable bonds is 7. The van der Waals surface area contributed by atoms with E-state index in [1.807, 2.05) is 24.3 Å². The maximum absolute atomic E-state index is 12.4. The molecule has 29 heavy (non-hydrogen) atoms. The fourth-order valence-corrected chi connectivity index (χ4v) is 4.53. The van der Waals surface area contributed by atoms with E-state index in [9.17, 15) is 5.11 Å². The predicted octanol–water partition coefficient (Wildman–Crippen LogP) is 4.50. The molecular weight excluding hydrogens is 358 g/mol. The number of aromatic nitrogens is 2. The van der Waals surface area contributed by atoms with Gasteiger partial charge in [-0.2, -0.15) is 0 Å². The Morgan fingerprint density at radius 2 is 1.52 bits per heavy atom. The molecule has 150 valence electrons. The monoisotopic (exact) mass is 387 g/mol. The maximum atomic E-state index is 12.4. The van der Waals surface area contributed by atoms with Crippen LogP contribution in [0.15, 0.2) is 73.3 Å². The average Bonchev–Trinajstić information content (AvgIpc) is 3.30. The first-order chi connectivity index (χ1) is 14.2. The summed E-state index contributed by atoms with van der Waals surface area (Å²) in [6, 6.07) is 16.3. The van der Waals surface area contributed by atoms with E-state index in [0.29, 0.717) is 0 Å². The molecule has 1 aliphatic heterocycles. The van der Waals surface area contributed by atoms with Gasteiger partial charge in [-0.3, -0.25) is 14.9 Å². The summed E-state index contributed by atoms with van der Waals surface area (Å²) >= 11 is 0. The van der Waals surface area contributed by atoms with E-state index in [1.165, 1.54) is 5.56 Å². The first kappa shape index (κ1) is 19.7. The van der Waals surface area contributed by atoms with Gasteiger partial charge >= 0.3 is 0 Å². The normalized spacial score (nSPS) is 16.1. The molecule has 4 nitrogen and oxygen atoms in total. The lowest BCUT2D eigenvalue weighted by Gasteiger charge is -2.42. The van der Waals surface area contributed by atoms with Crippen molar-refractivity contribution in [1.29, 1.82) is 0 Å². The molecule has 1 aromatic carbocycles. The lowest BCUT2D eigenvalue weighted by atomic mass is 9.77. The van der Waals surface area contributed by atoms with Gasteiger partial charge in [-0.15, -0.1) is 0 Å². The van der Waals surface area contributed by atoms with Gasteiger partial charge in [-0.05, 0) is 55.6 Å². The number of nitrogens with zero attached hydrogens (tertiary/aromatic N) is 3. The van der Waals surface area contributed by atoms with Gasteiger partial charge in [0, 0.05) is 35.9 Å². The maximum Gasteiger partial charge on any atom is 0.137 e. The molecule has 1 N–H and O–H groups in total. The molecule has 0 radical (unpaired) electrons. The Morgan fingerprint density at radius 1 is 0.931 bits per heavy atom. The van der Waals surface area contributed by atoms with Crippen LogP contribution < -0.4 is 0 Å². The van der Waals surface area contributed by atoms with Gasteiger partial charge in [0.15, 0.2) is 0 Å². The third kappa shape index (κ3) is 3.96. The number of aryl methyl sites for hydroxylation is 1. The topological polar surface area (TPSA) is 49.2 Å². The molecule has 1 atom stereocenters. The largest absolute Gasteiger partial charge is 0.378 e. The van der Waals surface area contributed by atoms with Crippen molar-refractivity contribution in [2.75, 3.05) is 13.1 Å². The van der Waals surface area contributed by atoms with Crippen LogP contribution in [0.4, 0.5) is 0 Å². The molecule has 4 rings (SSSR count). The van der Waals surface area contributed by atoms with Crippen LogP contribution in [0.25, 0.3) is 0 Å². The lowest BCUT2D eigenvalue weighted by molar-refractivity contribution is -0.0152. The minimum absolute atomic E-state index is 0.200. The zero-order valence-electron chi connectivity index (χ0n) is 17.0. The van der Waals surface area contributed by atoms with Crippen molar-refractivity contribution >= 4 is 0 Å². The first-order valence-electron chi connectivity index (χ1n) is 10.6. The smallest absolute Gasteiger partial charge is 0.137 e. The fourth-order valence-electron chi connectivity index (χ4n) is 4.53. The quantitative estimate of drug-likeness (QED) is 0.648. The van der Waals surface area contributed by atoms with Crippen LogP contribution in [0.2, 0.25) is 0 Å². The number of aliphatic hydroxyl groups is 1. The highest BCUT2D eigenvalue weighted by molar-refractivity contribution is 5.40. The van der Waals surface area contributed by atoms with Gasteiger partial charge in [0.05, 0.1) is 6.04 Å². The first-order valence-corrected chi connectivity index (χ1v) is 10.6. The van der Waals surface area contributed by atoms with Gasteiger partial charge in [0.1, 0.15) is 5.60 Å². The lowest BCUT2D eigenvalue weighted by Crippen LogP contribution is -2.44. The van der Waals surface area contributed by atoms with Crippen molar-refractivity contribution in [3.63, 3.8) is 0 Å². The summed E-state index contributed by atoms with van der Waals surface area (Å²) in [5.74, 6) is 0. The summed E-state index contributed by atoms with van der Waals surface area (Å²) < 4.78 is 0. The van der Waals surface area contributed by atoms with Crippen molar-refractivity contribution in [1.82, 2.24) is 14.9 Å². The van der Waals surface area contributed by atoms with Gasteiger partial charge in [0.2, 0.25) is 0 Å². The number of likely N-dealkylation sites (tertiary alicyclic amines) is 1. The molecule has 4 heteroatoms. The molecule has 1 saturated heterocycles. The Morgan fingerprint density at radius 3 is 2.00 bits per heavy atom. The summed E-state index contributed by atoms with van der Waals surface area (Å²) in [7, 11) is 0. The summed E-state index contributed by atoms with van der Waals surface area (Å²) in [6.45, 7) is 4.15. The van der Waals surface area contributed by atoms with E-state index in [1.54, 1.807) is 24.8 Å². The molecule has 0 bridgehead atoms. The number of pyridine rings is 2. The Bertz CT molecular complexity index is 851. The van der Waals surface area contributed by atoms with Crippen LogP contribution in [0.5, 0.6) is 0 Å². The molecule has 2 aromatic heterocycles. The van der Waals surface area contributed by atoms with Gasteiger partial charge in [0.25, 0.3) is 0 Å². The van der Waals surface area contributed by atoms with Crippen molar-refractivity contribution < 1.29 is 5.11 Å². The van der Waals surface area contributed by atoms with Gasteiger partial charge in [-0.1, -0.05) is 49.7 Å².